The van der Waals surface area contributed by atoms with Crippen LogP contribution in [0.3, 0.4) is 0 Å². The average Bonchev–Trinajstić information content (AvgIpc) is 2.23. The zero-order valence-corrected chi connectivity index (χ0v) is 9.59. The van der Waals surface area contributed by atoms with Crippen LogP contribution < -0.4 is 10.5 Å². The van der Waals surface area contributed by atoms with Crippen LogP contribution >= 0.6 is 11.8 Å². The number of thioether (sulfide) groups is 1. The topological polar surface area (TPSA) is 61.0 Å². The van der Waals surface area contributed by atoms with Crippen molar-refractivity contribution in [2.24, 2.45) is 0 Å². The van der Waals surface area contributed by atoms with Crippen molar-refractivity contribution in [3.8, 4) is 5.88 Å². The number of nitrogens with zero attached hydrogens (tertiary/aromatic N) is 2. The number of ether oxygens (including phenoxy) is 1. The number of nitrogens with two attached hydrogens (primary N) is 1. The Morgan fingerprint density at radius 3 is 3.07 bits per heavy atom. The summed E-state index contributed by atoms with van der Waals surface area (Å²) >= 11 is 1.44. The van der Waals surface area contributed by atoms with Crippen LogP contribution in [0, 0.1) is 0 Å². The largest absolute Gasteiger partial charge is 0.477 e. The highest BCUT2D eigenvalue weighted by Gasteiger charge is 2.01. The number of unbranched alkanes of at least 4 members (excludes halogenated alkanes) is 1. The number of nitrogen functional groups attached to an aromatic ring is 1. The number of aromatic nitrogens is 2. The average molecular weight is 225 g/mol. The van der Waals surface area contributed by atoms with Gasteiger partial charge in [0.2, 0.25) is 5.88 Å². The Balaban J connectivity index is 2.52. The SMILES string of the molecule is C=CCCCOc1cc(N)nc(SC)n1. The minimum atomic E-state index is 0.438. The summed E-state index contributed by atoms with van der Waals surface area (Å²) in [5.74, 6) is 0.976. The first-order chi connectivity index (χ1) is 7.26. The zero-order chi connectivity index (χ0) is 11.1. The summed E-state index contributed by atoms with van der Waals surface area (Å²) in [5.41, 5.74) is 5.60. The van der Waals surface area contributed by atoms with E-state index in [-0.39, 0.29) is 0 Å². The van der Waals surface area contributed by atoms with E-state index in [0.29, 0.717) is 23.5 Å². The Morgan fingerprint density at radius 1 is 1.60 bits per heavy atom. The lowest BCUT2D eigenvalue weighted by atomic mass is 10.3. The van der Waals surface area contributed by atoms with Crippen LogP contribution in [0.25, 0.3) is 0 Å². The Bertz CT molecular complexity index is 330. The van der Waals surface area contributed by atoms with Crippen LogP contribution in [-0.2, 0) is 0 Å². The van der Waals surface area contributed by atoms with E-state index in [1.165, 1.54) is 11.8 Å². The second-order valence-electron chi connectivity index (χ2n) is 2.90. The third-order valence-electron chi connectivity index (χ3n) is 1.69. The highest BCUT2D eigenvalue weighted by molar-refractivity contribution is 7.98. The molecule has 0 aromatic carbocycles. The number of allylic oxidation sites excluding steroid dienone is 1. The molecular formula is C10H15N3OS. The second kappa shape index (κ2) is 6.29. The van der Waals surface area contributed by atoms with E-state index >= 15 is 0 Å². The molecule has 0 unspecified atom stereocenters. The lowest BCUT2D eigenvalue weighted by Crippen LogP contribution is -2.02. The fourth-order valence-corrected chi connectivity index (χ4v) is 1.37. The molecule has 5 heteroatoms. The molecule has 1 rings (SSSR count). The number of anilines is 1. The molecule has 0 atom stereocenters. The van der Waals surface area contributed by atoms with E-state index in [0.717, 1.165) is 12.8 Å². The lowest BCUT2D eigenvalue weighted by Gasteiger charge is -2.05. The van der Waals surface area contributed by atoms with Crippen molar-refractivity contribution in [1.82, 2.24) is 9.97 Å². The van der Waals surface area contributed by atoms with Gasteiger partial charge in [-0.2, -0.15) is 4.98 Å². The van der Waals surface area contributed by atoms with Gasteiger partial charge >= 0.3 is 0 Å². The summed E-state index contributed by atoms with van der Waals surface area (Å²) in [4.78, 5) is 8.20. The Morgan fingerprint density at radius 2 is 2.40 bits per heavy atom. The molecule has 0 saturated heterocycles. The van der Waals surface area contributed by atoms with E-state index in [9.17, 15) is 0 Å². The van der Waals surface area contributed by atoms with Gasteiger partial charge in [0.1, 0.15) is 5.82 Å². The van der Waals surface area contributed by atoms with Crippen LogP contribution in [0.5, 0.6) is 5.88 Å². The molecule has 0 saturated carbocycles. The standard InChI is InChI=1S/C10H15N3OS/c1-3-4-5-6-14-9-7-8(11)12-10(13-9)15-2/h3,7H,1,4-6H2,2H3,(H2,11,12,13). The molecule has 0 spiro atoms. The van der Waals surface area contributed by atoms with Crippen LogP contribution in [-0.4, -0.2) is 22.8 Å². The van der Waals surface area contributed by atoms with Crippen molar-refractivity contribution in [3.63, 3.8) is 0 Å². The maximum absolute atomic E-state index is 5.60. The van der Waals surface area contributed by atoms with E-state index in [4.69, 9.17) is 10.5 Å². The summed E-state index contributed by atoms with van der Waals surface area (Å²) in [6.45, 7) is 4.26. The molecule has 1 heterocycles. The zero-order valence-electron chi connectivity index (χ0n) is 8.77. The molecule has 1 aromatic rings. The van der Waals surface area contributed by atoms with Crippen LogP contribution in [0.4, 0.5) is 5.82 Å². The molecule has 0 aliphatic heterocycles. The van der Waals surface area contributed by atoms with Crippen molar-refractivity contribution in [1.29, 1.82) is 0 Å². The maximum Gasteiger partial charge on any atom is 0.219 e. The predicted molar refractivity (Wildman–Crippen MR) is 63.2 cm³/mol. The van der Waals surface area contributed by atoms with Gasteiger partial charge in [0.15, 0.2) is 5.16 Å². The first kappa shape index (κ1) is 11.8. The minimum Gasteiger partial charge on any atom is -0.477 e. The monoisotopic (exact) mass is 225 g/mol. The van der Waals surface area contributed by atoms with E-state index in [1.54, 1.807) is 6.07 Å². The molecule has 82 valence electrons. The quantitative estimate of drug-likeness (QED) is 0.348. The molecule has 0 radical (unpaired) electrons. The molecule has 0 amide bonds. The Hall–Kier alpha value is -1.23. The molecule has 0 aliphatic carbocycles. The second-order valence-corrected chi connectivity index (χ2v) is 3.67. The van der Waals surface area contributed by atoms with Crippen molar-refractivity contribution < 1.29 is 4.74 Å². The summed E-state index contributed by atoms with van der Waals surface area (Å²) in [5, 5.41) is 0.633. The van der Waals surface area contributed by atoms with Crippen molar-refractivity contribution in [2.75, 3.05) is 18.6 Å². The van der Waals surface area contributed by atoms with Gasteiger partial charge < -0.3 is 10.5 Å². The number of hydrogen-bond donors (Lipinski definition) is 1. The summed E-state index contributed by atoms with van der Waals surface area (Å²) in [7, 11) is 0. The van der Waals surface area contributed by atoms with Crippen LogP contribution in [0.2, 0.25) is 0 Å². The Labute approximate surface area is 93.9 Å². The third kappa shape index (κ3) is 4.20. The fraction of sp³-hybridized carbons (Fsp3) is 0.400. The fourth-order valence-electron chi connectivity index (χ4n) is 0.990. The number of rotatable bonds is 6. The summed E-state index contributed by atoms with van der Waals surface area (Å²) in [6.07, 6.45) is 5.64. The molecule has 15 heavy (non-hydrogen) atoms. The molecule has 4 nitrogen and oxygen atoms in total. The molecule has 2 N–H and O–H groups in total. The molecule has 1 aromatic heterocycles. The molecule has 0 aliphatic rings. The van der Waals surface area contributed by atoms with Crippen molar-refractivity contribution in [3.05, 3.63) is 18.7 Å². The van der Waals surface area contributed by atoms with Crippen molar-refractivity contribution >= 4 is 17.6 Å². The smallest absolute Gasteiger partial charge is 0.219 e. The minimum absolute atomic E-state index is 0.438. The van der Waals surface area contributed by atoms with Gasteiger partial charge in [-0.15, -0.1) is 6.58 Å². The van der Waals surface area contributed by atoms with Gasteiger partial charge in [-0.1, -0.05) is 17.8 Å². The van der Waals surface area contributed by atoms with Crippen LogP contribution in [0.15, 0.2) is 23.9 Å². The van der Waals surface area contributed by atoms with Gasteiger partial charge in [0.25, 0.3) is 0 Å². The van der Waals surface area contributed by atoms with Gasteiger partial charge in [-0.25, -0.2) is 4.98 Å². The third-order valence-corrected chi connectivity index (χ3v) is 2.23. The maximum atomic E-state index is 5.60. The molecule has 0 fully saturated rings. The van der Waals surface area contributed by atoms with Gasteiger partial charge in [0, 0.05) is 6.07 Å². The van der Waals surface area contributed by atoms with E-state index < -0.39 is 0 Å². The normalized spacial score (nSPS) is 9.93. The van der Waals surface area contributed by atoms with Crippen LogP contribution in [0.1, 0.15) is 12.8 Å². The summed E-state index contributed by atoms with van der Waals surface area (Å²) in [6, 6.07) is 1.63. The summed E-state index contributed by atoms with van der Waals surface area (Å²) < 4.78 is 5.44. The molecular weight excluding hydrogens is 210 g/mol. The van der Waals surface area contributed by atoms with Gasteiger partial charge in [0.05, 0.1) is 6.61 Å². The van der Waals surface area contributed by atoms with Gasteiger partial charge in [-0.05, 0) is 19.1 Å². The molecule has 0 bridgehead atoms. The first-order valence-corrected chi connectivity index (χ1v) is 5.91. The number of hydrogen-bond acceptors (Lipinski definition) is 5. The first-order valence-electron chi connectivity index (χ1n) is 4.68. The van der Waals surface area contributed by atoms with Crippen molar-refractivity contribution in [2.45, 2.75) is 18.0 Å². The lowest BCUT2D eigenvalue weighted by molar-refractivity contribution is 0.297. The highest BCUT2D eigenvalue weighted by atomic mass is 32.2. The van der Waals surface area contributed by atoms with E-state index in [1.807, 2.05) is 12.3 Å². The predicted octanol–water partition coefficient (Wildman–Crippen LogP) is 2.13. The Kier molecular flexibility index (Phi) is 4.97. The van der Waals surface area contributed by atoms with Gasteiger partial charge in [-0.3, -0.25) is 0 Å². The van der Waals surface area contributed by atoms with E-state index in [2.05, 4.69) is 16.5 Å². The highest BCUT2D eigenvalue weighted by Crippen LogP contribution is 2.16.